The second kappa shape index (κ2) is 17.8. The Morgan fingerprint density at radius 2 is 1.32 bits per heavy atom. The van der Waals surface area contributed by atoms with Gasteiger partial charge in [0, 0.05) is 5.41 Å². The van der Waals surface area contributed by atoms with Crippen LogP contribution in [0.2, 0.25) is 0 Å². The molecule has 0 aromatic heterocycles. The van der Waals surface area contributed by atoms with Crippen LogP contribution < -0.4 is 0 Å². The average Bonchev–Trinajstić information content (AvgIpc) is 3.86. The van der Waals surface area contributed by atoms with E-state index in [0.717, 1.165) is 38.5 Å². The van der Waals surface area contributed by atoms with E-state index in [4.69, 9.17) is 28.4 Å². The molecule has 65 heavy (non-hydrogen) atoms. The Bertz CT molecular complexity index is 1670. The predicted octanol–water partition coefficient (Wildman–Crippen LogP) is -0.583. The maximum Gasteiger partial charge on any atom is 0.186 e. The summed E-state index contributed by atoms with van der Waals surface area (Å²) in [5, 5.41) is 129. The zero-order chi connectivity index (χ0) is 47.6. The highest BCUT2D eigenvalue weighted by atomic mass is 16.7. The van der Waals surface area contributed by atoms with Gasteiger partial charge < -0.3 is 89.7 Å². The summed E-state index contributed by atoms with van der Waals surface area (Å²) in [6, 6.07) is 0. The molecule has 0 bridgehead atoms. The van der Waals surface area contributed by atoms with Crippen molar-refractivity contribution < 1.29 is 89.7 Å². The summed E-state index contributed by atoms with van der Waals surface area (Å²) in [5.74, 6) is 0.220. The lowest BCUT2D eigenvalue weighted by Crippen LogP contribution is -2.61. The number of hydrogen-bond acceptors (Lipinski definition) is 18. The Hall–Kier alpha value is -0.720. The van der Waals surface area contributed by atoms with Crippen molar-refractivity contribution in [3.63, 3.8) is 0 Å². The van der Waals surface area contributed by atoms with E-state index in [1.165, 1.54) is 6.92 Å². The molecule has 0 radical (unpaired) electrons. The van der Waals surface area contributed by atoms with Gasteiger partial charge in [-0.15, -0.1) is 0 Å². The van der Waals surface area contributed by atoms with Gasteiger partial charge in [0.2, 0.25) is 0 Å². The van der Waals surface area contributed by atoms with Crippen LogP contribution in [0, 0.1) is 50.7 Å². The van der Waals surface area contributed by atoms with Crippen molar-refractivity contribution in [2.45, 2.75) is 223 Å². The minimum Gasteiger partial charge on any atom is -0.396 e. The summed E-state index contributed by atoms with van der Waals surface area (Å²) in [6.45, 7) is 12.9. The van der Waals surface area contributed by atoms with E-state index in [9.17, 15) is 61.3 Å². The van der Waals surface area contributed by atoms with Crippen molar-refractivity contribution >= 4 is 0 Å². The van der Waals surface area contributed by atoms with E-state index in [2.05, 4.69) is 27.7 Å². The maximum atomic E-state index is 11.5. The zero-order valence-corrected chi connectivity index (χ0v) is 39.1. The summed E-state index contributed by atoms with van der Waals surface area (Å²) < 4.78 is 36.6. The van der Waals surface area contributed by atoms with Gasteiger partial charge >= 0.3 is 0 Å². The summed E-state index contributed by atoms with van der Waals surface area (Å²) in [6.07, 6.45) is -13.9. The number of aliphatic hydroxyl groups excluding tert-OH is 11. The third-order valence-electron chi connectivity index (χ3n) is 19.5. The fraction of sp³-hybridized carbons (Fsp3) is 1.00. The number of hydrogen-bond donors (Lipinski definition) is 12. The van der Waals surface area contributed by atoms with Crippen molar-refractivity contribution in [1.82, 2.24) is 0 Å². The second-order valence-electron chi connectivity index (χ2n) is 23.2. The molecule has 376 valence electrons. The lowest BCUT2D eigenvalue weighted by molar-refractivity contribution is -0.335. The topological polar surface area (TPSA) is 298 Å². The van der Waals surface area contributed by atoms with Gasteiger partial charge in [0.15, 0.2) is 18.9 Å². The first-order valence-electron chi connectivity index (χ1n) is 24.3. The molecule has 26 atom stereocenters. The minimum absolute atomic E-state index is 0.0248. The van der Waals surface area contributed by atoms with Crippen LogP contribution in [0.1, 0.15) is 113 Å². The second-order valence-corrected chi connectivity index (χ2v) is 23.2. The molecule has 8 aliphatic rings. The van der Waals surface area contributed by atoms with Crippen molar-refractivity contribution in [3.8, 4) is 0 Å². The molecule has 0 aromatic rings. The molecule has 12 N–H and O–H groups in total. The van der Waals surface area contributed by atoms with Gasteiger partial charge in [0.05, 0.1) is 49.8 Å². The van der Waals surface area contributed by atoms with E-state index in [1.54, 1.807) is 13.8 Å². The minimum atomic E-state index is -1.69. The van der Waals surface area contributed by atoms with E-state index in [-0.39, 0.29) is 58.5 Å². The molecule has 3 aliphatic heterocycles. The molecule has 18 heteroatoms. The fourth-order valence-electron chi connectivity index (χ4n) is 15.5. The van der Waals surface area contributed by atoms with Gasteiger partial charge in [0.25, 0.3) is 0 Å². The molecule has 3 heterocycles. The number of rotatable bonds is 13. The first kappa shape index (κ1) is 50.7. The molecular formula is C47H80O18. The van der Waals surface area contributed by atoms with Crippen molar-refractivity contribution in [2.24, 2.45) is 50.7 Å². The largest absolute Gasteiger partial charge is 0.396 e. The standard InChI is InChI=1S/C47H80O18/c1-21(8-11-28(50)42(3,4)59)30-24(63-41-38(58)35(55)33(53)25(64-41)18-61-39-37(57)34(54)31(51)22(2)62-39)16-45(7)27-10-9-26-43(5,20-48)29(65-40-36(56)32(52)23(49)17-60-40)12-13-46(26)19-47(27,46)15-14-44(30,45)6/h21-41,48-59H,8-20H2,1-7H3. The van der Waals surface area contributed by atoms with Gasteiger partial charge in [-0.05, 0) is 130 Å². The van der Waals surface area contributed by atoms with Gasteiger partial charge in [-0.25, -0.2) is 0 Å². The third-order valence-corrected chi connectivity index (χ3v) is 19.5. The average molecular weight is 933 g/mol. The van der Waals surface area contributed by atoms with E-state index in [1.807, 2.05) is 0 Å². The Morgan fingerprint density at radius 1 is 0.692 bits per heavy atom. The Kier molecular flexibility index (Phi) is 13.9. The monoisotopic (exact) mass is 933 g/mol. The van der Waals surface area contributed by atoms with Crippen LogP contribution in [0.3, 0.4) is 0 Å². The van der Waals surface area contributed by atoms with Crippen LogP contribution in [0.25, 0.3) is 0 Å². The first-order valence-corrected chi connectivity index (χ1v) is 24.3. The number of fused-ring (bicyclic) bond motifs is 2. The van der Waals surface area contributed by atoms with Crippen molar-refractivity contribution in [2.75, 3.05) is 19.8 Å². The highest BCUT2D eigenvalue weighted by Gasteiger charge is 2.83. The lowest BCUT2D eigenvalue weighted by Gasteiger charge is -2.63. The van der Waals surface area contributed by atoms with Crippen LogP contribution in [-0.2, 0) is 28.4 Å². The van der Waals surface area contributed by atoms with Gasteiger partial charge in [-0.1, -0.05) is 27.7 Å². The Morgan fingerprint density at radius 3 is 2.00 bits per heavy atom. The zero-order valence-electron chi connectivity index (χ0n) is 39.1. The molecule has 8 rings (SSSR count). The van der Waals surface area contributed by atoms with Crippen LogP contribution in [0.5, 0.6) is 0 Å². The maximum absolute atomic E-state index is 11.5. The van der Waals surface area contributed by atoms with E-state index < -0.39 is 122 Å². The number of aliphatic hydroxyl groups is 12. The summed E-state index contributed by atoms with van der Waals surface area (Å²) in [7, 11) is 0. The van der Waals surface area contributed by atoms with Crippen molar-refractivity contribution in [1.29, 1.82) is 0 Å². The van der Waals surface area contributed by atoms with E-state index in [0.29, 0.717) is 25.7 Å². The summed E-state index contributed by atoms with van der Waals surface area (Å²) >= 11 is 0. The summed E-state index contributed by atoms with van der Waals surface area (Å²) in [5.41, 5.74) is -2.66. The molecule has 3 saturated heterocycles. The first-order chi connectivity index (χ1) is 30.3. The van der Waals surface area contributed by atoms with E-state index >= 15 is 0 Å². The van der Waals surface area contributed by atoms with Crippen LogP contribution in [0.4, 0.5) is 0 Å². The molecule has 5 saturated carbocycles. The van der Waals surface area contributed by atoms with Crippen LogP contribution >= 0.6 is 0 Å². The molecule has 18 nitrogen and oxygen atoms in total. The van der Waals surface area contributed by atoms with Crippen molar-refractivity contribution in [3.05, 3.63) is 0 Å². The normalized spacial score (nSPS) is 55.3. The quantitative estimate of drug-likeness (QED) is 0.103. The highest BCUT2D eigenvalue weighted by molar-refractivity contribution is 5.31. The Balaban J connectivity index is 1.04. The third kappa shape index (κ3) is 8.01. The molecule has 0 amide bonds. The molecule has 8 fully saturated rings. The van der Waals surface area contributed by atoms with Gasteiger partial charge in [0.1, 0.15) is 61.0 Å². The fourth-order valence-corrected chi connectivity index (χ4v) is 15.5. The predicted molar refractivity (Wildman–Crippen MR) is 227 cm³/mol. The van der Waals surface area contributed by atoms with Crippen LogP contribution in [-0.4, -0.2) is 191 Å². The molecule has 26 unspecified atom stereocenters. The van der Waals surface area contributed by atoms with Gasteiger partial charge in [-0.3, -0.25) is 0 Å². The SMILES string of the molecule is CC(CCC(O)C(C)(C)O)C1C(OC2OC(COC3OC(C)C(O)C(O)C3O)C(O)C(O)C2O)CC2(C)C3CCC4C(C)(CO)C(OC5OCC(O)C(O)C5O)CCC45CC35CCC12C. The molecule has 5 aliphatic carbocycles. The molecule has 2 spiro atoms. The molecule has 0 aromatic carbocycles. The van der Waals surface area contributed by atoms with Crippen LogP contribution in [0.15, 0.2) is 0 Å². The lowest BCUT2D eigenvalue weighted by atomic mass is 9.41. The number of ether oxygens (including phenoxy) is 6. The Labute approximate surface area is 382 Å². The van der Waals surface area contributed by atoms with Gasteiger partial charge in [-0.2, -0.15) is 0 Å². The smallest absolute Gasteiger partial charge is 0.186 e. The summed E-state index contributed by atoms with van der Waals surface area (Å²) in [4.78, 5) is 0. The molecular weight excluding hydrogens is 852 g/mol. The highest BCUT2D eigenvalue weighted by Crippen LogP contribution is 2.89.